The van der Waals surface area contributed by atoms with Crippen LogP contribution in [0.15, 0.2) is 346 Å². The summed E-state index contributed by atoms with van der Waals surface area (Å²) in [4.78, 5) is 12.0. The zero-order chi connectivity index (χ0) is 73.0. The van der Waals surface area contributed by atoms with E-state index in [1.54, 1.807) is 0 Å². The van der Waals surface area contributed by atoms with E-state index >= 15 is 0 Å². The molecule has 2 aliphatic carbocycles. The smallest absolute Gasteiger partial charge is 0.252 e. The van der Waals surface area contributed by atoms with E-state index in [0.717, 1.165) is 72.6 Å². The molecule has 5 heteroatoms. The highest BCUT2D eigenvalue weighted by atomic mass is 15.0. The summed E-state index contributed by atoms with van der Waals surface area (Å²) < 4.78 is 5.50. The van der Waals surface area contributed by atoms with Crippen molar-refractivity contribution in [2.75, 3.05) is 0 Å². The summed E-state index contributed by atoms with van der Waals surface area (Å²) in [6.07, 6.45) is 12.4. The van der Waals surface area contributed by atoms with Crippen molar-refractivity contribution in [2.24, 2.45) is 0 Å². The Kier molecular flexibility index (Phi) is 15.9. The number of aromatic nitrogens is 4. The average Bonchev–Trinajstić information content (AvgIpc) is 1.53. The second-order valence-corrected chi connectivity index (χ2v) is 31.5. The van der Waals surface area contributed by atoms with Crippen LogP contribution >= 0.6 is 0 Å². The van der Waals surface area contributed by atoms with Gasteiger partial charge in [-0.1, -0.05) is 293 Å². The molecular weight excluding hydrogens is 1340 g/mol. The third-order valence-electron chi connectivity index (χ3n) is 25.0. The van der Waals surface area contributed by atoms with Crippen molar-refractivity contribution in [1.82, 2.24) is 19.1 Å². The molecule has 2 aliphatic heterocycles. The summed E-state index contributed by atoms with van der Waals surface area (Å²) in [5, 5.41) is 5.25. The van der Waals surface area contributed by atoms with Gasteiger partial charge in [0.05, 0.1) is 22.4 Å². The molecule has 0 radical (unpaired) electrons. The first-order chi connectivity index (χ1) is 55.0. The lowest BCUT2D eigenvalue weighted by Crippen LogP contribution is -2.59. The Bertz CT molecular complexity index is 6150. The standard InChI is InChI=1S/C106H79BN4/c1-11-31-68(32-12-1)78-51-79(69-33-13-2-14-34-69)54-86(53-78)95-67-96(109-106(108-95)88-55-80(70-35-15-3-16-36-70)52-81(56-88)71-37-17-4-18-38-71)87-65-99-103-100(66-87)111-98-64-85(75-45-25-8-26-46-75)58-90(77-49-29-10-30-50-77)102(98)92-60-83(73-41-21-6-22-42-73)62-94(105(92)111)107(103)93-61-82(72-39-19-5-20-40-72)59-91-101-89(76-47-27-9-28-48-76)57-84(74-43-23-7-24-44-74)63-97(101)110(99)104(91)93/h1-4,7-18,23-38,43-67,72-73H,5-6,19-22,39-42H2. The minimum atomic E-state index is -0.122. The maximum Gasteiger partial charge on any atom is 0.252 e. The van der Waals surface area contributed by atoms with Crippen LogP contribution in [0, 0.1) is 0 Å². The molecule has 0 N–H and O–H groups in total. The number of hydrogen-bond donors (Lipinski definition) is 0. The lowest BCUT2D eigenvalue weighted by atomic mass is 9.34. The third kappa shape index (κ3) is 11.3. The molecule has 4 nitrogen and oxygen atoms in total. The van der Waals surface area contributed by atoms with Gasteiger partial charge in [-0.25, -0.2) is 9.97 Å². The Labute approximate surface area is 648 Å². The van der Waals surface area contributed by atoms with E-state index in [-0.39, 0.29) is 6.71 Å². The summed E-state index contributed by atoms with van der Waals surface area (Å²) in [5.41, 5.74) is 37.7. The number of hydrogen-bond acceptors (Lipinski definition) is 2. The van der Waals surface area contributed by atoms with Crippen molar-refractivity contribution in [1.29, 1.82) is 0 Å². The van der Waals surface area contributed by atoms with Crippen LogP contribution in [0.1, 0.15) is 87.2 Å². The first-order valence-electron chi connectivity index (χ1n) is 40.2. The molecule has 22 rings (SSSR count). The van der Waals surface area contributed by atoms with Crippen LogP contribution in [0.5, 0.6) is 0 Å². The molecule has 0 saturated heterocycles. The molecule has 0 unspecified atom stereocenters. The SMILES string of the molecule is c1ccc(-c2cc(-c3ccccc3)cc(-c3cc(-c4cc5c6c(c4)-n4c7cc(-c8ccccc8)cc(-c8ccccc8)c7c7cc(C8CCCCC8)cc(c74)B6c4cc(C6CCCCC6)cc6c7c(-c8ccccc8)cc(-c8ccccc8)cc7n-5c46)nc(-c4cc(-c5ccccc5)cc(-c5ccccc5)c4)n3)c2)cc1. The molecule has 111 heavy (non-hydrogen) atoms. The lowest BCUT2D eigenvalue weighted by Gasteiger charge is -2.35. The maximum absolute atomic E-state index is 6.09. The van der Waals surface area contributed by atoms with Crippen LogP contribution in [-0.2, 0) is 0 Å². The first-order valence-corrected chi connectivity index (χ1v) is 40.2. The van der Waals surface area contributed by atoms with Gasteiger partial charge in [-0.15, -0.1) is 0 Å². The van der Waals surface area contributed by atoms with Gasteiger partial charge in [-0.2, -0.15) is 0 Å². The lowest BCUT2D eigenvalue weighted by molar-refractivity contribution is 0.444. The van der Waals surface area contributed by atoms with Crippen LogP contribution in [-0.4, -0.2) is 25.8 Å². The average molecular weight is 1420 g/mol. The van der Waals surface area contributed by atoms with Gasteiger partial charge in [0, 0.05) is 60.6 Å². The normalized spacial score (nSPS) is 14.0. The molecule has 0 bridgehead atoms. The van der Waals surface area contributed by atoms with Crippen LogP contribution in [0.2, 0.25) is 0 Å². The quantitative estimate of drug-likeness (QED) is 0.108. The first kappa shape index (κ1) is 65.2. The Hall–Kier alpha value is -13.0. The summed E-state index contributed by atoms with van der Waals surface area (Å²) in [6, 6.07) is 130. The highest BCUT2D eigenvalue weighted by Gasteiger charge is 2.44. The van der Waals surface area contributed by atoms with Gasteiger partial charge in [0.25, 0.3) is 6.71 Å². The van der Waals surface area contributed by atoms with Gasteiger partial charge in [0.15, 0.2) is 5.82 Å². The van der Waals surface area contributed by atoms with Crippen LogP contribution in [0.25, 0.3) is 178 Å². The van der Waals surface area contributed by atoms with Gasteiger partial charge in [-0.05, 0) is 245 Å². The molecule has 3 aromatic heterocycles. The topological polar surface area (TPSA) is 35.6 Å². The summed E-state index contributed by atoms with van der Waals surface area (Å²) in [6.45, 7) is -0.122. The van der Waals surface area contributed by atoms with Crippen LogP contribution in [0.3, 0.4) is 0 Å². The van der Waals surface area contributed by atoms with Gasteiger partial charge < -0.3 is 9.13 Å². The van der Waals surface area contributed by atoms with E-state index in [1.165, 1.54) is 191 Å². The zero-order valence-corrected chi connectivity index (χ0v) is 62.0. The number of fused-ring (bicyclic) bond motifs is 10. The monoisotopic (exact) mass is 1420 g/mol. The molecule has 18 aromatic rings. The zero-order valence-electron chi connectivity index (χ0n) is 62.0. The molecule has 526 valence electrons. The number of rotatable bonds is 13. The van der Waals surface area contributed by atoms with Crippen LogP contribution < -0.4 is 16.4 Å². The number of nitrogens with zero attached hydrogens (tertiary/aromatic N) is 4. The molecule has 15 aromatic carbocycles. The fourth-order valence-electron chi connectivity index (χ4n) is 19.7. The van der Waals surface area contributed by atoms with E-state index in [0.29, 0.717) is 17.7 Å². The molecule has 0 spiro atoms. The van der Waals surface area contributed by atoms with Gasteiger partial charge in [-0.3, -0.25) is 0 Å². The molecule has 5 heterocycles. The molecule has 4 aliphatic rings. The van der Waals surface area contributed by atoms with Crippen molar-refractivity contribution >= 4 is 66.7 Å². The second-order valence-electron chi connectivity index (χ2n) is 31.5. The third-order valence-corrected chi connectivity index (χ3v) is 25.0. The van der Waals surface area contributed by atoms with Crippen molar-refractivity contribution in [2.45, 2.75) is 76.0 Å². The molecule has 2 saturated carbocycles. The van der Waals surface area contributed by atoms with Crippen LogP contribution in [0.4, 0.5) is 0 Å². The van der Waals surface area contributed by atoms with Crippen molar-refractivity contribution in [3.8, 4) is 134 Å². The molecular formula is C106H79BN4. The Morgan fingerprint density at radius 1 is 0.252 bits per heavy atom. The minimum absolute atomic E-state index is 0.122. The van der Waals surface area contributed by atoms with E-state index < -0.39 is 0 Å². The Morgan fingerprint density at radius 2 is 0.550 bits per heavy atom. The molecule has 2 fully saturated rings. The highest BCUT2D eigenvalue weighted by molar-refractivity contribution is 7.00. The Balaban J connectivity index is 0.912. The molecule has 0 atom stereocenters. The van der Waals surface area contributed by atoms with Crippen molar-refractivity contribution in [3.05, 3.63) is 357 Å². The Morgan fingerprint density at radius 3 is 0.892 bits per heavy atom. The summed E-state index contributed by atoms with van der Waals surface area (Å²) >= 11 is 0. The predicted octanol–water partition coefficient (Wildman–Crippen LogP) is 26.2. The van der Waals surface area contributed by atoms with E-state index in [2.05, 4.69) is 355 Å². The minimum Gasteiger partial charge on any atom is -0.310 e. The van der Waals surface area contributed by atoms with E-state index in [4.69, 9.17) is 9.97 Å². The fourth-order valence-corrected chi connectivity index (χ4v) is 19.7. The largest absolute Gasteiger partial charge is 0.310 e. The highest BCUT2D eigenvalue weighted by Crippen LogP contribution is 2.50. The van der Waals surface area contributed by atoms with Crippen molar-refractivity contribution in [3.63, 3.8) is 0 Å². The molecule has 0 amide bonds. The fraction of sp³-hybridized carbons (Fsp3) is 0.113. The predicted molar refractivity (Wildman–Crippen MR) is 467 cm³/mol. The number of benzene rings is 15. The van der Waals surface area contributed by atoms with Gasteiger partial charge in [0.2, 0.25) is 0 Å². The summed E-state index contributed by atoms with van der Waals surface area (Å²) in [5.74, 6) is 1.55. The van der Waals surface area contributed by atoms with Gasteiger partial charge in [0.1, 0.15) is 0 Å². The van der Waals surface area contributed by atoms with Crippen molar-refractivity contribution < 1.29 is 0 Å². The van der Waals surface area contributed by atoms with Gasteiger partial charge >= 0.3 is 0 Å². The van der Waals surface area contributed by atoms with E-state index in [9.17, 15) is 0 Å². The maximum atomic E-state index is 6.09. The second kappa shape index (κ2) is 27.0. The van der Waals surface area contributed by atoms with E-state index in [1.807, 2.05) is 0 Å². The summed E-state index contributed by atoms with van der Waals surface area (Å²) in [7, 11) is 0.